The van der Waals surface area contributed by atoms with Crippen LogP contribution in [0.5, 0.6) is 0 Å². The van der Waals surface area contributed by atoms with Crippen LogP contribution in [0.25, 0.3) is 0 Å². The fourth-order valence-electron chi connectivity index (χ4n) is 5.04. The van der Waals surface area contributed by atoms with Gasteiger partial charge in [0.25, 0.3) is 0 Å². The molecular formula is C16H29N3O3S. The number of nitrogens with zero attached hydrogens (tertiary/aromatic N) is 2. The molecule has 0 aromatic carbocycles. The molecule has 1 N–H and O–H groups in total. The van der Waals surface area contributed by atoms with Crippen molar-refractivity contribution >= 4 is 15.9 Å². The first-order chi connectivity index (χ1) is 10.7. The van der Waals surface area contributed by atoms with Gasteiger partial charge < -0.3 is 10.2 Å². The van der Waals surface area contributed by atoms with Crippen LogP contribution in [0.1, 0.15) is 33.1 Å². The van der Waals surface area contributed by atoms with Crippen LogP contribution in [0.2, 0.25) is 0 Å². The Bertz CT molecular complexity index is 581. The van der Waals surface area contributed by atoms with E-state index < -0.39 is 10.0 Å². The normalized spacial score (nSPS) is 32.3. The van der Waals surface area contributed by atoms with Crippen molar-refractivity contribution in [3.05, 3.63) is 0 Å². The van der Waals surface area contributed by atoms with Crippen LogP contribution in [-0.2, 0) is 14.8 Å². The Morgan fingerprint density at radius 2 is 1.83 bits per heavy atom. The summed E-state index contributed by atoms with van der Waals surface area (Å²) in [5.74, 6) is 0.763. The maximum atomic E-state index is 12.7. The second-order valence-electron chi connectivity index (χ2n) is 8.09. The molecule has 23 heavy (non-hydrogen) atoms. The smallest absolute Gasteiger partial charge is 0.228 e. The van der Waals surface area contributed by atoms with Gasteiger partial charge in [-0.1, -0.05) is 13.8 Å². The van der Waals surface area contributed by atoms with Crippen LogP contribution in [0.3, 0.4) is 0 Å². The molecule has 0 aromatic rings. The van der Waals surface area contributed by atoms with E-state index in [-0.39, 0.29) is 16.7 Å². The highest BCUT2D eigenvalue weighted by molar-refractivity contribution is 7.88. The van der Waals surface area contributed by atoms with Crippen molar-refractivity contribution in [2.24, 2.45) is 16.7 Å². The molecule has 1 amide bonds. The molecule has 1 atom stereocenters. The van der Waals surface area contributed by atoms with E-state index in [0.717, 1.165) is 45.4 Å². The zero-order chi connectivity index (χ0) is 16.9. The average Bonchev–Trinajstić information content (AvgIpc) is 2.92. The minimum atomic E-state index is -3.13. The van der Waals surface area contributed by atoms with Crippen molar-refractivity contribution in [3.8, 4) is 0 Å². The monoisotopic (exact) mass is 343 g/mol. The van der Waals surface area contributed by atoms with E-state index in [0.29, 0.717) is 19.0 Å². The molecule has 0 radical (unpaired) electrons. The summed E-state index contributed by atoms with van der Waals surface area (Å²) in [4.78, 5) is 15.1. The van der Waals surface area contributed by atoms with E-state index in [2.05, 4.69) is 24.1 Å². The first-order valence-corrected chi connectivity index (χ1v) is 10.5. The van der Waals surface area contributed by atoms with Crippen molar-refractivity contribution < 1.29 is 13.2 Å². The van der Waals surface area contributed by atoms with E-state index in [1.807, 2.05) is 0 Å². The third kappa shape index (κ3) is 2.81. The van der Waals surface area contributed by atoms with Crippen molar-refractivity contribution in [2.45, 2.75) is 33.1 Å². The van der Waals surface area contributed by atoms with Crippen LogP contribution in [0, 0.1) is 16.7 Å². The van der Waals surface area contributed by atoms with Crippen molar-refractivity contribution in [1.29, 1.82) is 0 Å². The van der Waals surface area contributed by atoms with Gasteiger partial charge in [0.05, 0.1) is 11.7 Å². The summed E-state index contributed by atoms with van der Waals surface area (Å²) in [7, 11) is -3.13. The fourth-order valence-corrected chi connectivity index (χ4v) is 5.89. The fraction of sp³-hybridized carbons (Fsp3) is 0.938. The second-order valence-corrected chi connectivity index (χ2v) is 10.1. The highest BCUT2D eigenvalue weighted by atomic mass is 32.2. The van der Waals surface area contributed by atoms with E-state index in [1.54, 1.807) is 4.31 Å². The van der Waals surface area contributed by atoms with Gasteiger partial charge in [-0.15, -0.1) is 0 Å². The Balaban J connectivity index is 1.85. The number of sulfonamides is 1. The number of hydrogen-bond donors (Lipinski definition) is 1. The predicted octanol–water partition coefficient (Wildman–Crippen LogP) is 0.506. The summed E-state index contributed by atoms with van der Waals surface area (Å²) < 4.78 is 25.2. The predicted molar refractivity (Wildman–Crippen MR) is 89.4 cm³/mol. The Labute approximate surface area is 139 Å². The lowest BCUT2D eigenvalue weighted by atomic mass is 9.60. The first kappa shape index (κ1) is 17.2. The Morgan fingerprint density at radius 1 is 1.17 bits per heavy atom. The maximum Gasteiger partial charge on any atom is 0.228 e. The molecule has 6 nitrogen and oxygen atoms in total. The van der Waals surface area contributed by atoms with Gasteiger partial charge in [0.2, 0.25) is 15.9 Å². The molecule has 0 bridgehead atoms. The third-order valence-electron chi connectivity index (χ3n) is 6.08. The van der Waals surface area contributed by atoms with Crippen molar-refractivity contribution in [1.82, 2.24) is 14.5 Å². The number of amides is 1. The van der Waals surface area contributed by atoms with Crippen LogP contribution < -0.4 is 5.32 Å². The number of carbonyl (C=O) groups excluding carboxylic acids is 1. The van der Waals surface area contributed by atoms with Gasteiger partial charge in [0.1, 0.15) is 0 Å². The summed E-state index contributed by atoms with van der Waals surface area (Å²) in [5, 5.41) is 3.04. The number of piperidine rings is 1. The molecule has 0 aliphatic carbocycles. The minimum absolute atomic E-state index is 0.0658. The Hall–Kier alpha value is -0.660. The number of nitrogens with one attached hydrogen (secondary N) is 1. The van der Waals surface area contributed by atoms with Crippen LogP contribution in [-0.4, -0.2) is 69.1 Å². The SMILES string of the molecule is CC(C)CN1CC2(CCN(S(C)(=O)=O)CC2)C2(CCNC2=O)C1. The number of rotatable bonds is 3. The van der Waals surface area contributed by atoms with E-state index in [4.69, 9.17) is 0 Å². The average molecular weight is 343 g/mol. The molecule has 3 aliphatic heterocycles. The van der Waals surface area contributed by atoms with E-state index in [9.17, 15) is 13.2 Å². The van der Waals surface area contributed by atoms with Gasteiger partial charge in [-0.05, 0) is 25.2 Å². The third-order valence-corrected chi connectivity index (χ3v) is 7.38. The van der Waals surface area contributed by atoms with Crippen LogP contribution >= 0.6 is 0 Å². The minimum Gasteiger partial charge on any atom is -0.356 e. The Kier molecular flexibility index (Phi) is 4.26. The Morgan fingerprint density at radius 3 is 2.30 bits per heavy atom. The van der Waals surface area contributed by atoms with Gasteiger partial charge in [-0.3, -0.25) is 4.79 Å². The van der Waals surface area contributed by atoms with Crippen LogP contribution in [0.15, 0.2) is 0 Å². The summed E-state index contributed by atoms with van der Waals surface area (Å²) >= 11 is 0. The molecule has 1 unspecified atom stereocenters. The van der Waals surface area contributed by atoms with E-state index in [1.165, 1.54) is 6.26 Å². The highest BCUT2D eigenvalue weighted by Gasteiger charge is 2.63. The lowest BCUT2D eigenvalue weighted by Gasteiger charge is -2.46. The molecule has 3 rings (SSSR count). The number of carbonyl (C=O) groups is 1. The van der Waals surface area contributed by atoms with Crippen molar-refractivity contribution in [2.75, 3.05) is 45.5 Å². The largest absolute Gasteiger partial charge is 0.356 e. The van der Waals surface area contributed by atoms with Crippen LogP contribution in [0.4, 0.5) is 0 Å². The van der Waals surface area contributed by atoms with Gasteiger partial charge in [0.15, 0.2) is 0 Å². The summed E-state index contributed by atoms with van der Waals surface area (Å²) in [6, 6.07) is 0. The zero-order valence-electron chi connectivity index (χ0n) is 14.5. The van der Waals surface area contributed by atoms with Gasteiger partial charge >= 0.3 is 0 Å². The number of hydrogen-bond acceptors (Lipinski definition) is 4. The molecule has 3 fully saturated rings. The zero-order valence-corrected chi connectivity index (χ0v) is 15.3. The molecule has 0 saturated carbocycles. The maximum absolute atomic E-state index is 12.7. The topological polar surface area (TPSA) is 69.7 Å². The van der Waals surface area contributed by atoms with Crippen molar-refractivity contribution in [3.63, 3.8) is 0 Å². The van der Waals surface area contributed by atoms with E-state index >= 15 is 0 Å². The lowest BCUT2D eigenvalue weighted by molar-refractivity contribution is -0.133. The molecule has 3 saturated heterocycles. The molecule has 7 heteroatoms. The summed E-state index contributed by atoms with van der Waals surface area (Å²) in [5.41, 5.74) is -0.380. The second kappa shape index (κ2) is 5.70. The molecular weight excluding hydrogens is 314 g/mol. The van der Waals surface area contributed by atoms with Gasteiger partial charge in [0, 0.05) is 44.7 Å². The number of fused-ring (bicyclic) bond motifs is 1. The van der Waals surface area contributed by atoms with Gasteiger partial charge in [-0.25, -0.2) is 12.7 Å². The molecule has 2 spiro atoms. The molecule has 3 heterocycles. The van der Waals surface area contributed by atoms with Gasteiger partial charge in [-0.2, -0.15) is 0 Å². The highest BCUT2D eigenvalue weighted by Crippen LogP contribution is 2.56. The standard InChI is InChI=1S/C16H29N3O3S/c1-13(2)10-18-11-15(16(12-18)4-7-17-14(16)20)5-8-19(9-6-15)23(3,21)22/h13H,4-12H2,1-3H3,(H,17,20). The first-order valence-electron chi connectivity index (χ1n) is 8.64. The molecule has 3 aliphatic rings. The number of likely N-dealkylation sites (tertiary alicyclic amines) is 1. The lowest BCUT2D eigenvalue weighted by Crippen LogP contribution is -2.53. The summed E-state index contributed by atoms with van der Waals surface area (Å²) in [6.07, 6.45) is 3.76. The molecule has 0 aromatic heterocycles. The summed E-state index contributed by atoms with van der Waals surface area (Å²) in [6.45, 7) is 9.02. The quantitative estimate of drug-likeness (QED) is 0.810. The molecule has 132 valence electrons.